The molecular formula is C15H16ClFN2. The Bertz CT molecular complexity index is 572. The van der Waals surface area contributed by atoms with Crippen LogP contribution in [0.25, 0.3) is 0 Å². The SMILES string of the molecule is CN(Cc1cccc(F)c1)c1ccc(CN)cc1Cl. The fourth-order valence-corrected chi connectivity index (χ4v) is 2.33. The molecular weight excluding hydrogens is 263 g/mol. The normalized spacial score (nSPS) is 10.5. The minimum Gasteiger partial charge on any atom is -0.369 e. The summed E-state index contributed by atoms with van der Waals surface area (Å²) < 4.78 is 13.1. The second-order valence-corrected chi connectivity index (χ2v) is 4.88. The molecule has 0 aliphatic rings. The van der Waals surface area contributed by atoms with Crippen LogP contribution in [0.15, 0.2) is 42.5 Å². The molecule has 0 saturated heterocycles. The Kier molecular flexibility index (Phi) is 4.40. The molecule has 2 N–H and O–H groups in total. The number of halogens is 2. The lowest BCUT2D eigenvalue weighted by molar-refractivity contribution is 0.625. The van der Waals surface area contributed by atoms with Gasteiger partial charge >= 0.3 is 0 Å². The summed E-state index contributed by atoms with van der Waals surface area (Å²) in [6, 6.07) is 12.3. The molecule has 19 heavy (non-hydrogen) atoms. The van der Waals surface area contributed by atoms with Gasteiger partial charge in [0.2, 0.25) is 0 Å². The van der Waals surface area contributed by atoms with Crippen LogP contribution in [-0.2, 0) is 13.1 Å². The van der Waals surface area contributed by atoms with E-state index in [4.69, 9.17) is 17.3 Å². The van der Waals surface area contributed by atoms with Crippen molar-refractivity contribution in [2.24, 2.45) is 5.73 Å². The molecule has 0 spiro atoms. The third-order valence-corrected chi connectivity index (χ3v) is 3.27. The fraction of sp³-hybridized carbons (Fsp3) is 0.200. The molecule has 0 saturated carbocycles. The van der Waals surface area contributed by atoms with Crippen molar-refractivity contribution in [3.8, 4) is 0 Å². The summed E-state index contributed by atoms with van der Waals surface area (Å²) in [5, 5.41) is 0.654. The highest BCUT2D eigenvalue weighted by atomic mass is 35.5. The molecule has 0 aliphatic carbocycles. The van der Waals surface area contributed by atoms with E-state index in [1.165, 1.54) is 12.1 Å². The molecule has 0 aromatic heterocycles. The van der Waals surface area contributed by atoms with Crippen LogP contribution in [0.5, 0.6) is 0 Å². The smallest absolute Gasteiger partial charge is 0.123 e. The van der Waals surface area contributed by atoms with Crippen LogP contribution in [0, 0.1) is 5.82 Å². The van der Waals surface area contributed by atoms with E-state index in [1.54, 1.807) is 6.07 Å². The minimum absolute atomic E-state index is 0.226. The molecule has 0 fully saturated rings. The molecule has 0 aliphatic heterocycles. The van der Waals surface area contributed by atoms with Gasteiger partial charge in [0.1, 0.15) is 5.82 Å². The highest BCUT2D eigenvalue weighted by molar-refractivity contribution is 6.33. The van der Waals surface area contributed by atoms with Gasteiger partial charge in [0.05, 0.1) is 10.7 Å². The van der Waals surface area contributed by atoms with E-state index in [2.05, 4.69) is 0 Å². The number of benzene rings is 2. The van der Waals surface area contributed by atoms with E-state index in [9.17, 15) is 4.39 Å². The van der Waals surface area contributed by atoms with Crippen LogP contribution in [0.2, 0.25) is 5.02 Å². The van der Waals surface area contributed by atoms with Crippen LogP contribution in [0.3, 0.4) is 0 Å². The molecule has 0 amide bonds. The topological polar surface area (TPSA) is 29.3 Å². The van der Waals surface area contributed by atoms with Gasteiger partial charge in [0.25, 0.3) is 0 Å². The van der Waals surface area contributed by atoms with Crippen molar-refractivity contribution >= 4 is 17.3 Å². The molecule has 0 atom stereocenters. The first kappa shape index (κ1) is 13.8. The van der Waals surface area contributed by atoms with Gasteiger partial charge in [-0.2, -0.15) is 0 Å². The third kappa shape index (κ3) is 3.46. The van der Waals surface area contributed by atoms with Crippen molar-refractivity contribution in [1.29, 1.82) is 0 Å². The van der Waals surface area contributed by atoms with Gasteiger partial charge in [-0.15, -0.1) is 0 Å². The van der Waals surface area contributed by atoms with Crippen molar-refractivity contribution in [3.05, 3.63) is 64.4 Å². The number of nitrogens with zero attached hydrogens (tertiary/aromatic N) is 1. The highest BCUT2D eigenvalue weighted by Crippen LogP contribution is 2.27. The summed E-state index contributed by atoms with van der Waals surface area (Å²) >= 11 is 6.23. The summed E-state index contributed by atoms with van der Waals surface area (Å²) in [5.41, 5.74) is 8.37. The fourth-order valence-electron chi connectivity index (χ4n) is 1.98. The second kappa shape index (κ2) is 6.04. The van der Waals surface area contributed by atoms with Crippen LogP contribution in [0.1, 0.15) is 11.1 Å². The van der Waals surface area contributed by atoms with Gasteiger partial charge in [0, 0.05) is 20.1 Å². The van der Waals surface area contributed by atoms with Crippen molar-refractivity contribution in [1.82, 2.24) is 0 Å². The summed E-state index contributed by atoms with van der Waals surface area (Å²) in [5.74, 6) is -0.226. The van der Waals surface area contributed by atoms with Crippen molar-refractivity contribution < 1.29 is 4.39 Å². The van der Waals surface area contributed by atoms with Gasteiger partial charge in [-0.25, -0.2) is 4.39 Å². The van der Waals surface area contributed by atoms with E-state index >= 15 is 0 Å². The summed E-state index contributed by atoms with van der Waals surface area (Å²) in [6.45, 7) is 1.06. The summed E-state index contributed by atoms with van der Waals surface area (Å²) in [4.78, 5) is 1.98. The average Bonchev–Trinajstić information content (AvgIpc) is 2.38. The lowest BCUT2D eigenvalue weighted by atomic mass is 10.1. The van der Waals surface area contributed by atoms with Gasteiger partial charge < -0.3 is 10.6 Å². The first-order valence-corrected chi connectivity index (χ1v) is 6.42. The summed E-state index contributed by atoms with van der Waals surface area (Å²) in [7, 11) is 1.92. The third-order valence-electron chi connectivity index (χ3n) is 2.97. The second-order valence-electron chi connectivity index (χ2n) is 4.48. The van der Waals surface area contributed by atoms with Crippen LogP contribution in [0.4, 0.5) is 10.1 Å². The van der Waals surface area contributed by atoms with E-state index in [0.717, 1.165) is 16.8 Å². The van der Waals surface area contributed by atoms with Crippen molar-refractivity contribution in [2.75, 3.05) is 11.9 Å². The predicted molar refractivity (Wildman–Crippen MR) is 77.9 cm³/mol. The number of nitrogens with two attached hydrogens (primary N) is 1. The molecule has 2 nitrogen and oxygen atoms in total. The Hall–Kier alpha value is -1.58. The molecule has 100 valence electrons. The van der Waals surface area contributed by atoms with Crippen LogP contribution in [-0.4, -0.2) is 7.05 Å². The van der Waals surface area contributed by atoms with Gasteiger partial charge in [-0.3, -0.25) is 0 Å². The van der Waals surface area contributed by atoms with Crippen molar-refractivity contribution in [2.45, 2.75) is 13.1 Å². The molecule has 0 heterocycles. The van der Waals surface area contributed by atoms with Gasteiger partial charge in [-0.1, -0.05) is 29.8 Å². The highest BCUT2D eigenvalue weighted by Gasteiger charge is 2.07. The number of hydrogen-bond acceptors (Lipinski definition) is 2. The standard InChI is InChI=1S/C15H16ClFN2/c1-19(10-12-3-2-4-13(17)7-12)15-6-5-11(9-18)8-14(15)16/h2-8H,9-10,18H2,1H3. The molecule has 2 aromatic rings. The van der Waals surface area contributed by atoms with E-state index < -0.39 is 0 Å². The Morgan fingerprint density at radius 1 is 1.16 bits per heavy atom. The van der Waals surface area contributed by atoms with Crippen molar-refractivity contribution in [3.63, 3.8) is 0 Å². The molecule has 0 bridgehead atoms. The van der Waals surface area contributed by atoms with Gasteiger partial charge in [-0.05, 0) is 35.4 Å². The Morgan fingerprint density at radius 3 is 2.58 bits per heavy atom. The largest absolute Gasteiger partial charge is 0.369 e. The molecule has 4 heteroatoms. The van der Waals surface area contributed by atoms with Crippen LogP contribution < -0.4 is 10.6 Å². The number of anilines is 1. The minimum atomic E-state index is -0.226. The Balaban J connectivity index is 2.18. The number of rotatable bonds is 4. The Morgan fingerprint density at radius 2 is 1.95 bits per heavy atom. The molecule has 2 rings (SSSR count). The molecule has 2 aromatic carbocycles. The first-order valence-electron chi connectivity index (χ1n) is 6.04. The quantitative estimate of drug-likeness (QED) is 0.926. The van der Waals surface area contributed by atoms with Gasteiger partial charge in [0.15, 0.2) is 0 Å². The maximum absolute atomic E-state index is 13.1. The van der Waals surface area contributed by atoms with E-state index in [0.29, 0.717) is 18.1 Å². The average molecular weight is 279 g/mol. The monoisotopic (exact) mass is 278 g/mol. The summed E-state index contributed by atoms with van der Waals surface area (Å²) in [6.07, 6.45) is 0. The lowest BCUT2D eigenvalue weighted by Gasteiger charge is -2.21. The lowest BCUT2D eigenvalue weighted by Crippen LogP contribution is -2.17. The molecule has 0 unspecified atom stereocenters. The van der Waals surface area contributed by atoms with Crippen LogP contribution >= 0.6 is 11.6 Å². The molecule has 0 radical (unpaired) electrons. The zero-order chi connectivity index (χ0) is 13.8. The van der Waals surface area contributed by atoms with E-state index in [-0.39, 0.29) is 5.82 Å². The number of hydrogen-bond donors (Lipinski definition) is 1. The Labute approximate surface area is 117 Å². The maximum atomic E-state index is 13.1. The maximum Gasteiger partial charge on any atom is 0.123 e. The predicted octanol–water partition coefficient (Wildman–Crippen LogP) is 3.57. The first-order chi connectivity index (χ1) is 9.10. The zero-order valence-electron chi connectivity index (χ0n) is 10.7. The zero-order valence-corrected chi connectivity index (χ0v) is 11.5. The van der Waals surface area contributed by atoms with E-state index in [1.807, 2.05) is 36.2 Å².